The van der Waals surface area contributed by atoms with E-state index in [-0.39, 0.29) is 17.9 Å². The van der Waals surface area contributed by atoms with Crippen LogP contribution in [0.1, 0.15) is 61.5 Å². The number of aliphatic hydroxyl groups is 1. The fraction of sp³-hybridized carbons (Fsp3) is 0.750. The third kappa shape index (κ3) is 2.59. The van der Waals surface area contributed by atoms with Gasteiger partial charge in [-0.25, -0.2) is 0 Å². The van der Waals surface area contributed by atoms with Crippen LogP contribution in [0.5, 0.6) is 0 Å². The van der Waals surface area contributed by atoms with Crippen LogP contribution in [0.15, 0.2) is 6.20 Å². The second kappa shape index (κ2) is 5.44. The van der Waals surface area contributed by atoms with Crippen LogP contribution >= 0.6 is 0 Å². The quantitative estimate of drug-likeness (QED) is 0.878. The third-order valence-corrected chi connectivity index (χ3v) is 5.33. The third-order valence-electron chi connectivity index (χ3n) is 5.33. The molecule has 1 aromatic heterocycles. The summed E-state index contributed by atoms with van der Waals surface area (Å²) in [5.41, 5.74) is 0.843. The molecule has 3 rings (SSSR count). The fourth-order valence-corrected chi connectivity index (χ4v) is 4.13. The highest BCUT2D eigenvalue weighted by Crippen LogP contribution is 2.41. The molecule has 0 spiro atoms. The van der Waals surface area contributed by atoms with E-state index in [0.29, 0.717) is 5.56 Å². The zero-order valence-electron chi connectivity index (χ0n) is 12.9. The molecule has 5 nitrogen and oxygen atoms in total. The Balaban J connectivity index is 1.82. The van der Waals surface area contributed by atoms with Gasteiger partial charge in [-0.3, -0.25) is 9.89 Å². The van der Waals surface area contributed by atoms with Gasteiger partial charge in [0.1, 0.15) is 0 Å². The fourth-order valence-electron chi connectivity index (χ4n) is 4.13. The Morgan fingerprint density at radius 3 is 2.90 bits per heavy atom. The molecule has 0 unspecified atom stereocenters. The van der Waals surface area contributed by atoms with Gasteiger partial charge in [0.05, 0.1) is 17.4 Å². The average molecular weight is 291 g/mol. The molecule has 1 aromatic rings. The van der Waals surface area contributed by atoms with Gasteiger partial charge < -0.3 is 10.0 Å². The Hall–Kier alpha value is -1.36. The minimum Gasteiger partial charge on any atom is -0.390 e. The number of aromatic amines is 1. The molecule has 21 heavy (non-hydrogen) atoms. The number of likely N-dealkylation sites (tertiary alicyclic amines) is 1. The number of nitrogens with one attached hydrogen (secondary N) is 1. The largest absolute Gasteiger partial charge is 0.390 e. The van der Waals surface area contributed by atoms with E-state index in [1.807, 2.05) is 18.7 Å². The average Bonchev–Trinajstić information content (AvgIpc) is 3.06. The number of hydrogen-bond donors (Lipinski definition) is 2. The summed E-state index contributed by atoms with van der Waals surface area (Å²) in [6, 6.07) is 0.169. The smallest absolute Gasteiger partial charge is 0.257 e. The summed E-state index contributed by atoms with van der Waals surface area (Å²) in [5.74, 6) is 0.259. The van der Waals surface area contributed by atoms with Crippen molar-refractivity contribution in [3.63, 3.8) is 0 Å². The van der Waals surface area contributed by atoms with E-state index >= 15 is 0 Å². The molecule has 1 saturated carbocycles. The second-order valence-electron chi connectivity index (χ2n) is 6.83. The van der Waals surface area contributed by atoms with Crippen LogP contribution in [0.2, 0.25) is 0 Å². The van der Waals surface area contributed by atoms with Gasteiger partial charge in [0.25, 0.3) is 5.91 Å². The molecule has 116 valence electrons. The molecule has 0 aromatic carbocycles. The molecule has 0 radical (unpaired) electrons. The molecule has 1 aliphatic heterocycles. The van der Waals surface area contributed by atoms with Crippen molar-refractivity contribution in [3.05, 3.63) is 17.5 Å². The maximum absolute atomic E-state index is 12.8. The molecule has 1 amide bonds. The molecule has 2 heterocycles. The van der Waals surface area contributed by atoms with Crippen LogP contribution in [0.3, 0.4) is 0 Å². The lowest BCUT2D eigenvalue weighted by molar-refractivity contribution is -0.0577. The van der Waals surface area contributed by atoms with E-state index in [1.54, 1.807) is 6.20 Å². The molecule has 5 heteroatoms. The van der Waals surface area contributed by atoms with Crippen molar-refractivity contribution < 1.29 is 9.90 Å². The lowest BCUT2D eigenvalue weighted by Crippen LogP contribution is -2.50. The minimum atomic E-state index is -0.642. The Morgan fingerprint density at radius 1 is 1.43 bits per heavy atom. The number of amides is 1. The van der Waals surface area contributed by atoms with E-state index in [0.717, 1.165) is 50.8 Å². The predicted molar refractivity (Wildman–Crippen MR) is 80.0 cm³/mol. The normalized spacial score (nSPS) is 33.4. The van der Waals surface area contributed by atoms with E-state index in [9.17, 15) is 9.90 Å². The second-order valence-corrected chi connectivity index (χ2v) is 6.83. The van der Waals surface area contributed by atoms with Crippen molar-refractivity contribution in [2.75, 3.05) is 6.54 Å². The molecule has 0 bridgehead atoms. The van der Waals surface area contributed by atoms with Gasteiger partial charge in [-0.2, -0.15) is 5.10 Å². The number of aryl methyl sites for hydroxylation is 1. The SMILES string of the molecule is Cc1[nH]ncc1C(=O)N1CCC[C@@H]1[C@@H]1CCCC[C@@]1(C)O. The first-order valence-corrected chi connectivity index (χ1v) is 8.04. The molecule has 2 N–H and O–H groups in total. The molecule has 2 aliphatic rings. The number of aromatic nitrogens is 2. The van der Waals surface area contributed by atoms with Gasteiger partial charge in [-0.1, -0.05) is 12.8 Å². The molecular formula is C16H25N3O2. The highest BCUT2D eigenvalue weighted by Gasteiger charge is 2.44. The zero-order valence-corrected chi connectivity index (χ0v) is 12.9. The first-order chi connectivity index (χ1) is 10.0. The summed E-state index contributed by atoms with van der Waals surface area (Å²) < 4.78 is 0. The zero-order chi connectivity index (χ0) is 15.0. The van der Waals surface area contributed by atoms with Crippen LogP contribution in [0.4, 0.5) is 0 Å². The van der Waals surface area contributed by atoms with Crippen molar-refractivity contribution in [2.45, 2.75) is 64.0 Å². The Labute approximate surface area is 125 Å². The number of carbonyl (C=O) groups is 1. The Kier molecular flexibility index (Phi) is 3.78. The molecule has 3 atom stereocenters. The lowest BCUT2D eigenvalue weighted by Gasteiger charge is -2.43. The van der Waals surface area contributed by atoms with E-state index in [4.69, 9.17) is 0 Å². The van der Waals surface area contributed by atoms with Crippen LogP contribution < -0.4 is 0 Å². The number of rotatable bonds is 2. The molecular weight excluding hydrogens is 266 g/mol. The summed E-state index contributed by atoms with van der Waals surface area (Å²) in [6.45, 7) is 4.61. The monoisotopic (exact) mass is 291 g/mol. The van der Waals surface area contributed by atoms with Crippen molar-refractivity contribution in [3.8, 4) is 0 Å². The van der Waals surface area contributed by atoms with Crippen molar-refractivity contribution in [2.24, 2.45) is 5.92 Å². The van der Waals surface area contributed by atoms with Gasteiger partial charge >= 0.3 is 0 Å². The van der Waals surface area contributed by atoms with Crippen molar-refractivity contribution >= 4 is 5.91 Å². The Morgan fingerprint density at radius 2 is 2.24 bits per heavy atom. The maximum Gasteiger partial charge on any atom is 0.257 e. The standard InChI is InChI=1S/C16H25N3O2/c1-11-12(10-17-18-11)15(20)19-9-5-7-14(19)13-6-3-4-8-16(13,2)21/h10,13-14,21H,3-9H2,1-2H3,(H,17,18)/t13-,14+,16+/m0/s1. The van der Waals surface area contributed by atoms with Crippen LogP contribution in [-0.4, -0.2) is 44.3 Å². The maximum atomic E-state index is 12.8. The first-order valence-electron chi connectivity index (χ1n) is 8.04. The van der Waals surface area contributed by atoms with Crippen molar-refractivity contribution in [1.29, 1.82) is 0 Å². The van der Waals surface area contributed by atoms with Gasteiger partial charge in [0.2, 0.25) is 0 Å². The van der Waals surface area contributed by atoms with E-state index in [2.05, 4.69) is 10.2 Å². The van der Waals surface area contributed by atoms with E-state index < -0.39 is 5.60 Å². The predicted octanol–water partition coefficient (Wildman–Crippen LogP) is 2.26. The van der Waals surface area contributed by atoms with Crippen LogP contribution in [0, 0.1) is 12.8 Å². The number of nitrogens with zero attached hydrogens (tertiary/aromatic N) is 2. The summed E-state index contributed by atoms with van der Waals surface area (Å²) in [4.78, 5) is 14.8. The summed E-state index contributed by atoms with van der Waals surface area (Å²) >= 11 is 0. The van der Waals surface area contributed by atoms with Crippen LogP contribution in [0.25, 0.3) is 0 Å². The van der Waals surface area contributed by atoms with Gasteiger partial charge in [0.15, 0.2) is 0 Å². The van der Waals surface area contributed by atoms with Gasteiger partial charge in [0, 0.05) is 24.2 Å². The van der Waals surface area contributed by atoms with Crippen LogP contribution in [-0.2, 0) is 0 Å². The summed E-state index contributed by atoms with van der Waals surface area (Å²) in [5, 5.41) is 17.5. The molecule has 2 fully saturated rings. The van der Waals surface area contributed by atoms with Gasteiger partial charge in [-0.05, 0) is 39.5 Å². The number of hydrogen-bond acceptors (Lipinski definition) is 3. The molecule has 1 saturated heterocycles. The lowest BCUT2D eigenvalue weighted by atomic mass is 9.72. The molecule has 1 aliphatic carbocycles. The van der Waals surface area contributed by atoms with Gasteiger partial charge in [-0.15, -0.1) is 0 Å². The van der Waals surface area contributed by atoms with Crippen molar-refractivity contribution in [1.82, 2.24) is 15.1 Å². The number of H-pyrrole nitrogens is 1. The summed E-state index contributed by atoms with van der Waals surface area (Å²) in [7, 11) is 0. The number of carbonyl (C=O) groups excluding carboxylic acids is 1. The highest BCUT2D eigenvalue weighted by atomic mass is 16.3. The Bertz CT molecular complexity index is 523. The summed E-state index contributed by atoms with van der Waals surface area (Å²) in [6.07, 6.45) is 7.76. The minimum absolute atomic E-state index is 0.0603. The topological polar surface area (TPSA) is 69.2 Å². The highest BCUT2D eigenvalue weighted by molar-refractivity contribution is 5.95. The first kappa shape index (κ1) is 14.6. The van der Waals surface area contributed by atoms with E-state index in [1.165, 1.54) is 0 Å².